The summed E-state index contributed by atoms with van der Waals surface area (Å²) in [5.41, 5.74) is 0.784. The van der Waals surface area contributed by atoms with Crippen molar-refractivity contribution in [2.45, 2.75) is 31.2 Å². The van der Waals surface area contributed by atoms with Crippen LogP contribution < -0.4 is 10.1 Å². The zero-order chi connectivity index (χ0) is 20.6. The molecule has 0 saturated carbocycles. The van der Waals surface area contributed by atoms with Crippen molar-refractivity contribution in [1.29, 1.82) is 0 Å². The van der Waals surface area contributed by atoms with Gasteiger partial charge in [-0.25, -0.2) is 8.42 Å². The third-order valence-corrected chi connectivity index (χ3v) is 6.22. The maximum absolute atomic E-state index is 13.2. The van der Waals surface area contributed by atoms with E-state index in [-0.39, 0.29) is 28.9 Å². The summed E-state index contributed by atoms with van der Waals surface area (Å²) in [6, 6.07) is 13.4. The van der Waals surface area contributed by atoms with Crippen LogP contribution in [0.4, 0.5) is 0 Å². The zero-order valence-corrected chi connectivity index (χ0v) is 17.6. The predicted octanol–water partition coefficient (Wildman–Crippen LogP) is 3.46. The number of unbranched alkanes of at least 4 members (excludes halogenated alkanes) is 1. The van der Waals surface area contributed by atoms with Gasteiger partial charge in [0.15, 0.2) is 0 Å². The smallest absolute Gasteiger partial charge is 0.243 e. The van der Waals surface area contributed by atoms with Gasteiger partial charge >= 0.3 is 0 Å². The van der Waals surface area contributed by atoms with Crippen LogP contribution in [-0.2, 0) is 21.4 Å². The second-order valence-corrected chi connectivity index (χ2v) is 8.60. The van der Waals surface area contributed by atoms with Crippen LogP contribution in [0.3, 0.4) is 0 Å². The summed E-state index contributed by atoms with van der Waals surface area (Å²) in [6.45, 7) is 2.34. The number of rotatable bonds is 10. The van der Waals surface area contributed by atoms with E-state index in [9.17, 15) is 13.2 Å². The summed E-state index contributed by atoms with van der Waals surface area (Å²) < 4.78 is 32.6. The van der Waals surface area contributed by atoms with Crippen molar-refractivity contribution < 1.29 is 17.9 Å². The van der Waals surface area contributed by atoms with Crippen LogP contribution in [0.2, 0.25) is 5.02 Å². The Labute approximate surface area is 171 Å². The molecule has 0 spiro atoms. The van der Waals surface area contributed by atoms with Crippen molar-refractivity contribution >= 4 is 27.5 Å². The summed E-state index contributed by atoms with van der Waals surface area (Å²) >= 11 is 6.10. The van der Waals surface area contributed by atoms with Crippen molar-refractivity contribution in [3.05, 3.63) is 59.1 Å². The molecule has 0 fully saturated rings. The van der Waals surface area contributed by atoms with E-state index < -0.39 is 10.0 Å². The molecule has 0 aliphatic heterocycles. The summed E-state index contributed by atoms with van der Waals surface area (Å²) in [6.07, 6.45) is 1.78. The molecule has 0 atom stereocenters. The maximum Gasteiger partial charge on any atom is 0.243 e. The second-order valence-electron chi connectivity index (χ2n) is 6.26. The van der Waals surface area contributed by atoms with E-state index >= 15 is 0 Å². The Kier molecular flexibility index (Phi) is 8.29. The molecule has 0 aromatic heterocycles. The highest BCUT2D eigenvalue weighted by Crippen LogP contribution is 2.28. The molecule has 0 aliphatic carbocycles. The molecule has 2 aromatic rings. The maximum atomic E-state index is 13.2. The molecule has 28 heavy (non-hydrogen) atoms. The molecule has 2 aromatic carbocycles. The van der Waals surface area contributed by atoms with E-state index in [1.807, 2.05) is 37.3 Å². The number of carbonyl (C=O) groups is 1. The Morgan fingerprint density at radius 1 is 1.18 bits per heavy atom. The van der Waals surface area contributed by atoms with Gasteiger partial charge in [0, 0.05) is 13.1 Å². The molecule has 152 valence electrons. The van der Waals surface area contributed by atoms with Gasteiger partial charge in [-0.3, -0.25) is 4.79 Å². The highest BCUT2D eigenvalue weighted by Gasteiger charge is 2.27. The minimum Gasteiger partial charge on any atom is -0.495 e. The third-order valence-electron chi connectivity index (χ3n) is 4.14. The molecule has 0 unspecified atom stereocenters. The molecule has 2 rings (SSSR count). The summed E-state index contributed by atoms with van der Waals surface area (Å²) in [5, 5.41) is 2.95. The van der Waals surface area contributed by atoms with Crippen LogP contribution in [0, 0.1) is 0 Å². The normalized spacial score (nSPS) is 11.4. The first-order valence-electron chi connectivity index (χ1n) is 9.02. The summed E-state index contributed by atoms with van der Waals surface area (Å²) in [4.78, 5) is 12.3. The van der Waals surface area contributed by atoms with E-state index in [2.05, 4.69) is 5.32 Å². The number of methoxy groups -OCH3 is 1. The molecular formula is C20H25ClN2O4S. The Hall–Kier alpha value is -2.09. The van der Waals surface area contributed by atoms with Crippen LogP contribution in [0.25, 0.3) is 0 Å². The van der Waals surface area contributed by atoms with Crippen LogP contribution in [0.15, 0.2) is 53.4 Å². The zero-order valence-electron chi connectivity index (χ0n) is 16.0. The Balaban J connectivity index is 2.30. The number of amides is 1. The van der Waals surface area contributed by atoms with Gasteiger partial charge < -0.3 is 10.1 Å². The molecule has 0 saturated heterocycles. The minimum atomic E-state index is -3.94. The number of nitrogens with zero attached hydrogens (tertiary/aromatic N) is 1. The number of nitrogens with one attached hydrogen (secondary N) is 1. The van der Waals surface area contributed by atoms with Gasteiger partial charge in [-0.05, 0) is 30.2 Å². The van der Waals surface area contributed by atoms with Crippen molar-refractivity contribution in [2.75, 3.05) is 20.2 Å². The lowest BCUT2D eigenvalue weighted by Crippen LogP contribution is -2.40. The number of hydrogen-bond donors (Lipinski definition) is 1. The number of hydrogen-bond acceptors (Lipinski definition) is 4. The van der Waals surface area contributed by atoms with Gasteiger partial charge in [-0.1, -0.05) is 55.3 Å². The predicted molar refractivity (Wildman–Crippen MR) is 110 cm³/mol. The highest BCUT2D eigenvalue weighted by molar-refractivity contribution is 7.89. The summed E-state index contributed by atoms with van der Waals surface area (Å²) in [5.74, 6) is 0.0418. The molecule has 6 nitrogen and oxygen atoms in total. The van der Waals surface area contributed by atoms with E-state index in [1.165, 1.54) is 25.3 Å². The van der Waals surface area contributed by atoms with Gasteiger partial charge in [0.25, 0.3) is 0 Å². The molecule has 0 heterocycles. The lowest BCUT2D eigenvalue weighted by molar-refractivity contribution is -0.121. The average molecular weight is 425 g/mol. The molecule has 1 N–H and O–H groups in total. The van der Waals surface area contributed by atoms with Crippen molar-refractivity contribution in [2.24, 2.45) is 0 Å². The Bertz CT molecular complexity index is 888. The number of sulfonamides is 1. The monoisotopic (exact) mass is 424 g/mol. The lowest BCUT2D eigenvalue weighted by atomic mass is 10.2. The first-order chi connectivity index (χ1) is 13.4. The quantitative estimate of drug-likeness (QED) is 0.592. The van der Waals surface area contributed by atoms with E-state index in [4.69, 9.17) is 16.3 Å². The molecule has 1 amide bonds. The fourth-order valence-corrected chi connectivity index (χ4v) is 4.32. The number of carbonyl (C=O) groups excluding carboxylic acids is 1. The van der Waals surface area contributed by atoms with Gasteiger partial charge in [0.2, 0.25) is 15.9 Å². The number of benzene rings is 2. The average Bonchev–Trinajstić information content (AvgIpc) is 2.68. The third kappa shape index (κ3) is 5.95. The molecule has 0 radical (unpaired) electrons. The Morgan fingerprint density at radius 3 is 2.50 bits per heavy atom. The summed E-state index contributed by atoms with van der Waals surface area (Å²) in [7, 11) is -2.48. The van der Waals surface area contributed by atoms with Crippen molar-refractivity contribution in [3.8, 4) is 5.75 Å². The number of halogens is 1. The first-order valence-corrected chi connectivity index (χ1v) is 10.8. The first kappa shape index (κ1) is 22.2. The molecular weight excluding hydrogens is 400 g/mol. The molecule has 0 bridgehead atoms. The van der Waals surface area contributed by atoms with Crippen LogP contribution in [0.5, 0.6) is 5.75 Å². The standard InChI is InChI=1S/C20H25ClN2O4S/c1-3-4-12-22-20(24)15-23(14-16-8-6-5-7-9-16)28(25,26)17-10-11-19(27-2)18(21)13-17/h5-11,13H,3-4,12,14-15H2,1-2H3,(H,22,24). The fourth-order valence-electron chi connectivity index (χ4n) is 2.59. The van der Waals surface area contributed by atoms with E-state index in [0.29, 0.717) is 12.3 Å². The lowest BCUT2D eigenvalue weighted by Gasteiger charge is -2.22. The van der Waals surface area contributed by atoms with E-state index in [0.717, 1.165) is 22.7 Å². The van der Waals surface area contributed by atoms with Gasteiger partial charge in [-0.15, -0.1) is 0 Å². The minimum absolute atomic E-state index is 0.00980. The van der Waals surface area contributed by atoms with Crippen molar-refractivity contribution in [1.82, 2.24) is 9.62 Å². The second kappa shape index (κ2) is 10.5. The largest absolute Gasteiger partial charge is 0.495 e. The van der Waals surface area contributed by atoms with Gasteiger partial charge in [0.1, 0.15) is 5.75 Å². The van der Waals surface area contributed by atoms with Crippen LogP contribution >= 0.6 is 11.6 Å². The van der Waals surface area contributed by atoms with Crippen molar-refractivity contribution in [3.63, 3.8) is 0 Å². The molecule has 8 heteroatoms. The Morgan fingerprint density at radius 2 is 1.89 bits per heavy atom. The van der Waals surface area contributed by atoms with Gasteiger partial charge in [-0.2, -0.15) is 4.31 Å². The van der Waals surface area contributed by atoms with Crippen LogP contribution in [-0.4, -0.2) is 38.8 Å². The molecule has 0 aliphatic rings. The van der Waals surface area contributed by atoms with Crippen LogP contribution in [0.1, 0.15) is 25.3 Å². The number of ether oxygens (including phenoxy) is 1. The fraction of sp³-hybridized carbons (Fsp3) is 0.350. The van der Waals surface area contributed by atoms with Gasteiger partial charge in [0.05, 0.1) is 23.6 Å². The topological polar surface area (TPSA) is 75.7 Å². The SMILES string of the molecule is CCCCNC(=O)CN(Cc1ccccc1)S(=O)(=O)c1ccc(OC)c(Cl)c1. The highest BCUT2D eigenvalue weighted by atomic mass is 35.5. The van der Waals surface area contributed by atoms with E-state index in [1.54, 1.807) is 0 Å².